The minimum atomic E-state index is -3.73. The summed E-state index contributed by atoms with van der Waals surface area (Å²) in [6.07, 6.45) is 1.49. The Hall–Kier alpha value is -2.94. The van der Waals surface area contributed by atoms with E-state index >= 15 is 0 Å². The predicted molar refractivity (Wildman–Crippen MR) is 93.4 cm³/mol. The van der Waals surface area contributed by atoms with Crippen LogP contribution in [0.15, 0.2) is 47.4 Å². The van der Waals surface area contributed by atoms with Gasteiger partial charge in [-0.2, -0.15) is 0 Å². The lowest BCUT2D eigenvalue weighted by molar-refractivity contribution is -0.387. The number of nitrogens with zero attached hydrogens (tertiary/aromatic N) is 1. The number of benzene rings is 2. The Balaban J connectivity index is 2.12. The molecule has 25 heavy (non-hydrogen) atoms. The molecule has 0 saturated carbocycles. The molecule has 0 bridgehead atoms. The van der Waals surface area contributed by atoms with Crippen LogP contribution in [0.2, 0.25) is 0 Å². The highest BCUT2D eigenvalue weighted by atomic mass is 32.2. The number of anilines is 1. The number of hydrogen-bond donors (Lipinski definition) is 2. The van der Waals surface area contributed by atoms with Crippen molar-refractivity contribution >= 4 is 27.1 Å². The van der Waals surface area contributed by atoms with Gasteiger partial charge >= 0.3 is 0 Å². The third kappa shape index (κ3) is 4.77. The van der Waals surface area contributed by atoms with Crippen LogP contribution >= 0.6 is 0 Å². The van der Waals surface area contributed by atoms with Crippen LogP contribution in [-0.4, -0.2) is 32.0 Å². The molecule has 0 radical (unpaired) electrons. The highest BCUT2D eigenvalue weighted by Crippen LogP contribution is 2.27. The van der Waals surface area contributed by atoms with Crippen LogP contribution in [-0.2, 0) is 16.3 Å². The van der Waals surface area contributed by atoms with Crippen LogP contribution in [0.25, 0.3) is 0 Å². The molecule has 2 aromatic carbocycles. The van der Waals surface area contributed by atoms with E-state index in [4.69, 9.17) is 5.73 Å². The van der Waals surface area contributed by atoms with Crippen LogP contribution in [0, 0.1) is 10.1 Å². The Bertz CT molecular complexity index is 925. The first-order valence-electron chi connectivity index (χ1n) is 7.29. The van der Waals surface area contributed by atoms with Crippen LogP contribution in [0.3, 0.4) is 0 Å². The summed E-state index contributed by atoms with van der Waals surface area (Å²) in [5.41, 5.74) is 6.52. The van der Waals surface area contributed by atoms with Crippen LogP contribution in [0.5, 0.6) is 0 Å². The van der Waals surface area contributed by atoms with Crippen molar-refractivity contribution in [3.8, 4) is 0 Å². The lowest BCUT2D eigenvalue weighted by Crippen LogP contribution is -2.12. The smallest absolute Gasteiger partial charge is 0.288 e. The number of carbonyl (C=O) groups excluding carboxylic acids is 1. The molecule has 0 unspecified atom stereocenters. The van der Waals surface area contributed by atoms with Crippen molar-refractivity contribution in [3.63, 3.8) is 0 Å². The van der Waals surface area contributed by atoms with Crippen molar-refractivity contribution in [2.24, 2.45) is 5.73 Å². The lowest BCUT2D eigenvalue weighted by Gasteiger charge is -2.09. The molecule has 0 aliphatic carbocycles. The quantitative estimate of drug-likeness (QED) is 0.569. The third-order valence-electron chi connectivity index (χ3n) is 3.51. The molecule has 8 nitrogen and oxygen atoms in total. The second kappa shape index (κ2) is 7.31. The van der Waals surface area contributed by atoms with E-state index in [-0.39, 0.29) is 4.90 Å². The van der Waals surface area contributed by atoms with Crippen LogP contribution in [0.1, 0.15) is 15.9 Å². The van der Waals surface area contributed by atoms with E-state index in [2.05, 4.69) is 5.32 Å². The Morgan fingerprint density at radius 2 is 1.96 bits per heavy atom. The SMILES string of the molecule is CS(=O)(=O)c1cc(NCCc2cccc(C(N)=O)c2)ccc1[N+](=O)[O-]. The van der Waals surface area contributed by atoms with E-state index in [0.717, 1.165) is 17.9 Å². The molecule has 0 aliphatic rings. The standard InChI is InChI=1S/C16H17N3O5S/c1-25(23,24)15-10-13(5-6-14(15)19(21)22)18-8-7-11-3-2-4-12(9-11)16(17)20/h2-6,9-10,18H,7-8H2,1H3,(H2,17,20). The topological polar surface area (TPSA) is 132 Å². The fourth-order valence-electron chi connectivity index (χ4n) is 2.30. The van der Waals surface area contributed by atoms with Gasteiger partial charge in [-0.15, -0.1) is 0 Å². The summed E-state index contributed by atoms with van der Waals surface area (Å²) in [7, 11) is -3.73. The number of rotatable bonds is 7. The van der Waals surface area contributed by atoms with E-state index in [0.29, 0.717) is 24.2 Å². The minimum absolute atomic E-state index is 0.335. The van der Waals surface area contributed by atoms with Gasteiger partial charge in [0.2, 0.25) is 5.91 Å². The number of primary amides is 1. The van der Waals surface area contributed by atoms with Crippen molar-refractivity contribution in [3.05, 3.63) is 63.7 Å². The van der Waals surface area contributed by atoms with E-state index in [1.807, 2.05) is 6.07 Å². The Morgan fingerprint density at radius 1 is 1.24 bits per heavy atom. The zero-order chi connectivity index (χ0) is 18.6. The number of sulfone groups is 1. The summed E-state index contributed by atoms with van der Waals surface area (Å²) in [6, 6.07) is 10.7. The molecule has 0 aliphatic heterocycles. The molecule has 0 spiro atoms. The number of nitrogens with one attached hydrogen (secondary N) is 1. The molecule has 3 N–H and O–H groups in total. The molecule has 0 aromatic heterocycles. The Labute approximate surface area is 144 Å². The molecule has 132 valence electrons. The summed E-state index contributed by atoms with van der Waals surface area (Å²) in [4.78, 5) is 21.0. The molecular formula is C16H17N3O5S. The van der Waals surface area contributed by atoms with Crippen LogP contribution in [0.4, 0.5) is 11.4 Å². The van der Waals surface area contributed by atoms with Crippen molar-refractivity contribution in [1.29, 1.82) is 0 Å². The zero-order valence-corrected chi connectivity index (χ0v) is 14.2. The van der Waals surface area contributed by atoms with E-state index < -0.39 is 26.4 Å². The van der Waals surface area contributed by atoms with Crippen molar-refractivity contribution in [2.45, 2.75) is 11.3 Å². The number of carbonyl (C=O) groups is 1. The summed E-state index contributed by atoms with van der Waals surface area (Å²) in [5, 5.41) is 14.0. The average molecular weight is 363 g/mol. The van der Waals surface area contributed by atoms with Gasteiger partial charge in [-0.1, -0.05) is 12.1 Å². The normalized spacial score (nSPS) is 11.1. The minimum Gasteiger partial charge on any atom is -0.385 e. The van der Waals surface area contributed by atoms with Gasteiger partial charge in [0.05, 0.1) is 4.92 Å². The second-order valence-electron chi connectivity index (χ2n) is 5.45. The van der Waals surface area contributed by atoms with E-state index in [9.17, 15) is 23.3 Å². The van der Waals surface area contributed by atoms with Gasteiger partial charge in [-0.25, -0.2) is 8.42 Å². The first kappa shape index (κ1) is 18.4. The molecule has 1 amide bonds. The van der Waals surface area contributed by atoms with Gasteiger partial charge in [0.15, 0.2) is 9.84 Å². The van der Waals surface area contributed by atoms with Gasteiger partial charge < -0.3 is 11.1 Å². The number of hydrogen-bond acceptors (Lipinski definition) is 6. The van der Waals surface area contributed by atoms with Crippen molar-refractivity contribution < 1.29 is 18.1 Å². The molecular weight excluding hydrogens is 346 g/mol. The number of nitrogens with two attached hydrogens (primary N) is 1. The first-order valence-corrected chi connectivity index (χ1v) is 9.19. The number of amides is 1. The van der Waals surface area contributed by atoms with Crippen molar-refractivity contribution in [1.82, 2.24) is 0 Å². The molecule has 0 atom stereocenters. The molecule has 0 fully saturated rings. The van der Waals surface area contributed by atoms with E-state index in [1.165, 1.54) is 12.1 Å². The molecule has 0 saturated heterocycles. The zero-order valence-electron chi connectivity index (χ0n) is 13.4. The lowest BCUT2D eigenvalue weighted by atomic mass is 10.1. The van der Waals surface area contributed by atoms with Gasteiger partial charge in [0.25, 0.3) is 5.69 Å². The van der Waals surface area contributed by atoms with Gasteiger partial charge in [0, 0.05) is 30.1 Å². The number of nitro groups is 1. The maximum Gasteiger partial charge on any atom is 0.288 e. The largest absolute Gasteiger partial charge is 0.385 e. The monoisotopic (exact) mass is 363 g/mol. The summed E-state index contributed by atoms with van der Waals surface area (Å²) in [5.74, 6) is -0.511. The fourth-order valence-corrected chi connectivity index (χ4v) is 3.17. The average Bonchev–Trinajstić information content (AvgIpc) is 2.54. The van der Waals surface area contributed by atoms with E-state index in [1.54, 1.807) is 18.2 Å². The third-order valence-corrected chi connectivity index (χ3v) is 4.64. The van der Waals surface area contributed by atoms with Gasteiger partial charge in [-0.05, 0) is 36.2 Å². The predicted octanol–water partition coefficient (Wildman–Crippen LogP) is 1.75. The molecule has 2 aromatic rings. The van der Waals surface area contributed by atoms with Crippen molar-refractivity contribution in [2.75, 3.05) is 18.1 Å². The molecule has 2 rings (SSSR count). The fraction of sp³-hybridized carbons (Fsp3) is 0.188. The highest BCUT2D eigenvalue weighted by Gasteiger charge is 2.22. The first-order chi connectivity index (χ1) is 11.7. The van der Waals surface area contributed by atoms with Gasteiger partial charge in [-0.3, -0.25) is 14.9 Å². The Kier molecular flexibility index (Phi) is 5.38. The number of nitro benzene ring substituents is 1. The van der Waals surface area contributed by atoms with Crippen LogP contribution < -0.4 is 11.1 Å². The summed E-state index contributed by atoms with van der Waals surface area (Å²) >= 11 is 0. The molecule has 0 heterocycles. The maximum absolute atomic E-state index is 11.7. The summed E-state index contributed by atoms with van der Waals surface area (Å²) < 4.78 is 23.5. The van der Waals surface area contributed by atoms with Gasteiger partial charge in [0.1, 0.15) is 4.90 Å². The Morgan fingerprint density at radius 3 is 2.56 bits per heavy atom. The molecule has 9 heteroatoms. The summed E-state index contributed by atoms with van der Waals surface area (Å²) in [6.45, 7) is 0.448. The second-order valence-corrected chi connectivity index (χ2v) is 7.44. The maximum atomic E-state index is 11.7. The highest BCUT2D eigenvalue weighted by molar-refractivity contribution is 7.90.